The Balaban J connectivity index is 2.31. The van der Waals surface area contributed by atoms with E-state index in [0.717, 1.165) is 13.0 Å². The molecule has 3 nitrogen and oxygen atoms in total. The predicted octanol–water partition coefficient (Wildman–Crippen LogP) is 1.93. The van der Waals surface area contributed by atoms with Crippen molar-refractivity contribution in [3.8, 4) is 0 Å². The molecule has 0 saturated carbocycles. The van der Waals surface area contributed by atoms with Gasteiger partial charge in [0.1, 0.15) is 6.04 Å². The first kappa shape index (κ1) is 12.7. The standard InChI is InChI=1S/C13H19NO2/c1-10(9-14-11(2)13(15)16)8-12-6-4-3-5-7-12/h3-7,10-11,14H,8-9H2,1-2H3,(H,15,16). The molecule has 2 N–H and O–H groups in total. The Morgan fingerprint density at radius 3 is 2.50 bits per heavy atom. The van der Waals surface area contributed by atoms with Crippen molar-refractivity contribution in [3.63, 3.8) is 0 Å². The lowest BCUT2D eigenvalue weighted by molar-refractivity contribution is -0.139. The molecule has 1 aromatic carbocycles. The van der Waals surface area contributed by atoms with Crippen LogP contribution in [0.5, 0.6) is 0 Å². The van der Waals surface area contributed by atoms with Crippen molar-refractivity contribution in [2.75, 3.05) is 6.54 Å². The Hall–Kier alpha value is -1.35. The molecule has 0 aliphatic heterocycles. The lowest BCUT2D eigenvalue weighted by Gasteiger charge is -2.15. The number of carboxylic acid groups (broad SMARTS) is 1. The van der Waals surface area contributed by atoms with Crippen molar-refractivity contribution < 1.29 is 9.90 Å². The van der Waals surface area contributed by atoms with E-state index in [1.165, 1.54) is 5.56 Å². The van der Waals surface area contributed by atoms with Gasteiger partial charge in [0.15, 0.2) is 0 Å². The van der Waals surface area contributed by atoms with Crippen LogP contribution in [0.3, 0.4) is 0 Å². The van der Waals surface area contributed by atoms with E-state index >= 15 is 0 Å². The van der Waals surface area contributed by atoms with Crippen LogP contribution < -0.4 is 5.32 Å². The van der Waals surface area contributed by atoms with Crippen molar-refractivity contribution in [1.82, 2.24) is 5.32 Å². The molecule has 88 valence electrons. The Kier molecular flexibility index (Phi) is 4.99. The Morgan fingerprint density at radius 1 is 1.31 bits per heavy atom. The fraction of sp³-hybridized carbons (Fsp3) is 0.462. The van der Waals surface area contributed by atoms with Gasteiger partial charge in [0.2, 0.25) is 0 Å². The average Bonchev–Trinajstić information content (AvgIpc) is 2.27. The molecular weight excluding hydrogens is 202 g/mol. The van der Waals surface area contributed by atoms with Crippen molar-refractivity contribution in [3.05, 3.63) is 35.9 Å². The van der Waals surface area contributed by atoms with Crippen LogP contribution in [0.4, 0.5) is 0 Å². The fourth-order valence-corrected chi connectivity index (χ4v) is 1.55. The quantitative estimate of drug-likeness (QED) is 0.771. The molecule has 0 bridgehead atoms. The van der Waals surface area contributed by atoms with Gasteiger partial charge in [-0.25, -0.2) is 0 Å². The second-order valence-electron chi connectivity index (χ2n) is 4.26. The zero-order chi connectivity index (χ0) is 12.0. The van der Waals surface area contributed by atoms with E-state index in [1.807, 2.05) is 18.2 Å². The fourth-order valence-electron chi connectivity index (χ4n) is 1.55. The molecule has 0 spiro atoms. The Bertz CT molecular complexity index is 324. The number of nitrogens with one attached hydrogen (secondary N) is 1. The van der Waals surface area contributed by atoms with E-state index in [9.17, 15) is 4.79 Å². The number of carboxylic acids is 1. The van der Waals surface area contributed by atoms with E-state index in [4.69, 9.17) is 5.11 Å². The molecule has 1 rings (SSSR count). The average molecular weight is 221 g/mol. The summed E-state index contributed by atoms with van der Waals surface area (Å²) in [6, 6.07) is 9.76. The number of carbonyl (C=O) groups is 1. The molecule has 0 heterocycles. The minimum Gasteiger partial charge on any atom is -0.480 e. The van der Waals surface area contributed by atoms with Crippen molar-refractivity contribution in [1.29, 1.82) is 0 Å². The summed E-state index contributed by atoms with van der Waals surface area (Å²) in [4.78, 5) is 10.6. The molecule has 1 aromatic rings. The van der Waals surface area contributed by atoms with Gasteiger partial charge in [-0.05, 0) is 31.4 Å². The zero-order valence-electron chi connectivity index (χ0n) is 9.81. The van der Waals surface area contributed by atoms with Crippen LogP contribution >= 0.6 is 0 Å². The van der Waals surface area contributed by atoms with Gasteiger partial charge in [-0.1, -0.05) is 37.3 Å². The highest BCUT2D eigenvalue weighted by atomic mass is 16.4. The first-order chi connectivity index (χ1) is 7.59. The van der Waals surface area contributed by atoms with Crippen molar-refractivity contribution >= 4 is 5.97 Å². The summed E-state index contributed by atoms with van der Waals surface area (Å²) in [7, 11) is 0. The van der Waals surface area contributed by atoms with Crippen LogP contribution in [0.15, 0.2) is 30.3 Å². The van der Waals surface area contributed by atoms with Crippen LogP contribution in [0, 0.1) is 5.92 Å². The number of hydrogen-bond acceptors (Lipinski definition) is 2. The highest BCUT2D eigenvalue weighted by molar-refractivity contribution is 5.72. The first-order valence-corrected chi connectivity index (χ1v) is 5.59. The smallest absolute Gasteiger partial charge is 0.320 e. The maximum Gasteiger partial charge on any atom is 0.320 e. The largest absolute Gasteiger partial charge is 0.480 e. The molecular formula is C13H19NO2. The van der Waals surface area contributed by atoms with Gasteiger partial charge in [-0.2, -0.15) is 0 Å². The third kappa shape index (κ3) is 4.45. The molecule has 3 heteroatoms. The van der Waals surface area contributed by atoms with Gasteiger partial charge in [0, 0.05) is 0 Å². The summed E-state index contributed by atoms with van der Waals surface area (Å²) < 4.78 is 0. The first-order valence-electron chi connectivity index (χ1n) is 5.59. The van der Waals surface area contributed by atoms with Crippen LogP contribution in [0.1, 0.15) is 19.4 Å². The molecule has 2 unspecified atom stereocenters. The topological polar surface area (TPSA) is 49.3 Å². The lowest BCUT2D eigenvalue weighted by Crippen LogP contribution is -2.36. The van der Waals surface area contributed by atoms with E-state index < -0.39 is 12.0 Å². The van der Waals surface area contributed by atoms with Crippen molar-refractivity contribution in [2.45, 2.75) is 26.3 Å². The maximum atomic E-state index is 10.6. The van der Waals surface area contributed by atoms with E-state index in [0.29, 0.717) is 5.92 Å². The second-order valence-corrected chi connectivity index (χ2v) is 4.26. The van der Waals surface area contributed by atoms with Gasteiger partial charge in [0.05, 0.1) is 0 Å². The molecule has 16 heavy (non-hydrogen) atoms. The second kappa shape index (κ2) is 6.28. The molecule has 0 aliphatic carbocycles. The summed E-state index contributed by atoms with van der Waals surface area (Å²) in [5.74, 6) is -0.365. The number of hydrogen-bond donors (Lipinski definition) is 2. The van der Waals surface area contributed by atoms with Crippen LogP contribution in [0.25, 0.3) is 0 Å². The van der Waals surface area contributed by atoms with Crippen LogP contribution in [0.2, 0.25) is 0 Å². The summed E-state index contributed by atoms with van der Waals surface area (Å²) >= 11 is 0. The Morgan fingerprint density at radius 2 is 1.94 bits per heavy atom. The Labute approximate surface area is 96.5 Å². The predicted molar refractivity (Wildman–Crippen MR) is 64.4 cm³/mol. The van der Waals surface area contributed by atoms with Gasteiger partial charge >= 0.3 is 5.97 Å². The molecule has 0 saturated heterocycles. The van der Waals surface area contributed by atoms with Crippen LogP contribution in [-0.4, -0.2) is 23.7 Å². The molecule has 0 aliphatic rings. The van der Waals surface area contributed by atoms with Gasteiger partial charge in [0.25, 0.3) is 0 Å². The number of aliphatic carboxylic acids is 1. The maximum absolute atomic E-state index is 10.6. The van der Waals surface area contributed by atoms with Gasteiger partial charge in [-0.15, -0.1) is 0 Å². The normalized spacial score (nSPS) is 14.4. The minimum atomic E-state index is -0.799. The highest BCUT2D eigenvalue weighted by Crippen LogP contribution is 2.07. The summed E-state index contributed by atoms with van der Waals surface area (Å²) in [5.41, 5.74) is 1.29. The van der Waals surface area contributed by atoms with Gasteiger partial charge in [-0.3, -0.25) is 4.79 Å². The third-order valence-electron chi connectivity index (χ3n) is 2.57. The van der Waals surface area contributed by atoms with Crippen molar-refractivity contribution in [2.24, 2.45) is 5.92 Å². The van der Waals surface area contributed by atoms with E-state index in [2.05, 4.69) is 24.4 Å². The lowest BCUT2D eigenvalue weighted by atomic mass is 10.0. The number of benzene rings is 1. The summed E-state index contributed by atoms with van der Waals surface area (Å²) in [6.45, 7) is 4.51. The SMILES string of the molecule is CC(CNC(C)C(=O)O)Cc1ccccc1. The number of rotatable bonds is 6. The molecule has 0 radical (unpaired) electrons. The van der Waals surface area contributed by atoms with Gasteiger partial charge < -0.3 is 10.4 Å². The minimum absolute atomic E-state index is 0.434. The van der Waals surface area contributed by atoms with E-state index in [-0.39, 0.29) is 0 Å². The zero-order valence-corrected chi connectivity index (χ0v) is 9.81. The molecule has 2 atom stereocenters. The molecule has 0 aromatic heterocycles. The highest BCUT2D eigenvalue weighted by Gasteiger charge is 2.11. The summed E-state index contributed by atoms with van der Waals surface area (Å²) in [5, 5.41) is 11.7. The van der Waals surface area contributed by atoms with Crippen LogP contribution in [-0.2, 0) is 11.2 Å². The molecule has 0 amide bonds. The monoisotopic (exact) mass is 221 g/mol. The molecule has 0 fully saturated rings. The van der Waals surface area contributed by atoms with E-state index in [1.54, 1.807) is 6.92 Å². The third-order valence-corrected chi connectivity index (χ3v) is 2.57. The summed E-state index contributed by atoms with van der Waals surface area (Å²) in [6.07, 6.45) is 0.972.